The number of methoxy groups -OCH3 is 1. The zero-order chi connectivity index (χ0) is 18.5. The van der Waals surface area contributed by atoms with Crippen LogP contribution in [0.25, 0.3) is 0 Å². The first-order valence-electron chi connectivity index (χ1n) is 8.04. The van der Waals surface area contributed by atoms with Gasteiger partial charge in [-0.15, -0.1) is 0 Å². The fourth-order valence-electron chi connectivity index (χ4n) is 2.65. The summed E-state index contributed by atoms with van der Waals surface area (Å²) in [4.78, 5) is 37.1. The summed E-state index contributed by atoms with van der Waals surface area (Å²) in [7, 11) is 1.59. The van der Waals surface area contributed by atoms with Crippen LogP contribution in [0.4, 0.5) is 4.79 Å². The first-order valence-corrected chi connectivity index (χ1v) is 9.03. The van der Waals surface area contributed by atoms with Gasteiger partial charge >= 0.3 is 0 Å². The first-order chi connectivity index (χ1) is 12.6. The second-order valence-corrected chi connectivity index (χ2v) is 6.66. The van der Waals surface area contributed by atoms with Crippen molar-refractivity contribution in [2.24, 2.45) is 0 Å². The van der Waals surface area contributed by atoms with Crippen LogP contribution in [-0.2, 0) is 17.9 Å². The molecule has 1 aliphatic heterocycles. The molecule has 0 radical (unpaired) electrons. The van der Waals surface area contributed by atoms with Gasteiger partial charge in [0.05, 0.1) is 19.4 Å². The number of thioether (sulfide) groups is 1. The van der Waals surface area contributed by atoms with E-state index in [9.17, 15) is 14.4 Å². The van der Waals surface area contributed by atoms with E-state index in [2.05, 4.69) is 5.32 Å². The number of para-hydroxylation sites is 1. The van der Waals surface area contributed by atoms with E-state index in [1.165, 1.54) is 4.90 Å². The van der Waals surface area contributed by atoms with Crippen LogP contribution in [0.15, 0.2) is 48.5 Å². The highest BCUT2D eigenvalue weighted by Crippen LogP contribution is 2.21. The maximum absolute atomic E-state index is 12.4. The zero-order valence-electron chi connectivity index (χ0n) is 14.2. The molecule has 7 heteroatoms. The lowest BCUT2D eigenvalue weighted by Crippen LogP contribution is -2.28. The Labute approximate surface area is 155 Å². The Bertz CT molecular complexity index is 837. The monoisotopic (exact) mass is 370 g/mol. The van der Waals surface area contributed by atoms with Crippen molar-refractivity contribution in [1.29, 1.82) is 0 Å². The van der Waals surface area contributed by atoms with Crippen LogP contribution < -0.4 is 10.1 Å². The first kappa shape index (κ1) is 18.0. The van der Waals surface area contributed by atoms with Gasteiger partial charge in [0.1, 0.15) is 5.75 Å². The molecule has 26 heavy (non-hydrogen) atoms. The quantitative estimate of drug-likeness (QED) is 0.846. The second kappa shape index (κ2) is 8.05. The average Bonchev–Trinajstić information content (AvgIpc) is 2.98. The molecule has 134 valence electrons. The van der Waals surface area contributed by atoms with E-state index in [1.807, 2.05) is 24.3 Å². The highest BCUT2D eigenvalue weighted by Gasteiger charge is 2.29. The number of carbonyl (C=O) groups excluding carboxylic acids is 3. The van der Waals surface area contributed by atoms with Crippen molar-refractivity contribution >= 4 is 28.8 Å². The van der Waals surface area contributed by atoms with Crippen LogP contribution in [0.2, 0.25) is 0 Å². The standard InChI is InChI=1S/C19H18N2O4S/c1-25-16-8-3-2-6-15(16)10-20-18(23)14-7-4-5-13(9-14)11-21-17(22)12-26-19(21)24/h2-9H,10-12H2,1H3,(H,20,23). The van der Waals surface area contributed by atoms with E-state index in [4.69, 9.17) is 4.74 Å². The van der Waals surface area contributed by atoms with E-state index in [0.29, 0.717) is 17.9 Å². The lowest BCUT2D eigenvalue weighted by molar-refractivity contribution is -0.125. The number of hydrogen-bond donors (Lipinski definition) is 1. The molecule has 1 heterocycles. The van der Waals surface area contributed by atoms with Crippen LogP contribution in [-0.4, -0.2) is 34.8 Å². The number of nitrogens with one attached hydrogen (secondary N) is 1. The Morgan fingerprint density at radius 3 is 2.73 bits per heavy atom. The van der Waals surface area contributed by atoms with Gasteiger partial charge in [0.15, 0.2) is 0 Å². The Kier molecular flexibility index (Phi) is 5.58. The van der Waals surface area contributed by atoms with Crippen molar-refractivity contribution in [2.75, 3.05) is 12.9 Å². The predicted octanol–water partition coefficient (Wildman–Crippen LogP) is 2.82. The normalized spacial score (nSPS) is 13.8. The molecule has 0 atom stereocenters. The Balaban J connectivity index is 1.66. The maximum atomic E-state index is 12.4. The average molecular weight is 370 g/mol. The van der Waals surface area contributed by atoms with Gasteiger partial charge in [-0.1, -0.05) is 42.1 Å². The van der Waals surface area contributed by atoms with Gasteiger partial charge in [0.2, 0.25) is 5.91 Å². The van der Waals surface area contributed by atoms with E-state index >= 15 is 0 Å². The van der Waals surface area contributed by atoms with Gasteiger partial charge in [-0.2, -0.15) is 0 Å². The van der Waals surface area contributed by atoms with Crippen molar-refractivity contribution in [3.63, 3.8) is 0 Å². The SMILES string of the molecule is COc1ccccc1CNC(=O)c1cccc(CN2C(=O)CSC2=O)c1. The summed E-state index contributed by atoms with van der Waals surface area (Å²) in [6.45, 7) is 0.519. The lowest BCUT2D eigenvalue weighted by Gasteiger charge is -2.14. The summed E-state index contributed by atoms with van der Waals surface area (Å²) >= 11 is 0.999. The summed E-state index contributed by atoms with van der Waals surface area (Å²) in [6.07, 6.45) is 0. The molecule has 3 amide bonds. The maximum Gasteiger partial charge on any atom is 0.289 e. The molecule has 2 aromatic carbocycles. The minimum atomic E-state index is -0.249. The third kappa shape index (κ3) is 4.05. The van der Waals surface area contributed by atoms with Gasteiger partial charge in [0.25, 0.3) is 11.1 Å². The van der Waals surface area contributed by atoms with Crippen LogP contribution in [0.3, 0.4) is 0 Å². The van der Waals surface area contributed by atoms with Gasteiger partial charge < -0.3 is 10.1 Å². The van der Waals surface area contributed by atoms with Crippen molar-refractivity contribution in [3.8, 4) is 5.75 Å². The third-order valence-corrected chi connectivity index (χ3v) is 4.86. The molecule has 6 nitrogen and oxygen atoms in total. The molecule has 0 spiro atoms. The van der Waals surface area contributed by atoms with Gasteiger partial charge in [-0.3, -0.25) is 19.3 Å². The summed E-state index contributed by atoms with van der Waals surface area (Å²) in [5.74, 6) is 0.458. The number of hydrogen-bond acceptors (Lipinski definition) is 5. The summed E-state index contributed by atoms with van der Waals surface area (Å²) in [6, 6.07) is 14.4. The number of carbonyl (C=O) groups is 3. The van der Waals surface area contributed by atoms with E-state index in [-0.39, 0.29) is 29.4 Å². The summed E-state index contributed by atoms with van der Waals surface area (Å²) in [5, 5.41) is 2.61. The van der Waals surface area contributed by atoms with Crippen LogP contribution in [0.5, 0.6) is 5.75 Å². The number of imide groups is 1. The fourth-order valence-corrected chi connectivity index (χ4v) is 3.38. The highest BCUT2D eigenvalue weighted by molar-refractivity contribution is 8.14. The number of rotatable bonds is 6. The molecular formula is C19H18N2O4S. The molecule has 1 fully saturated rings. The van der Waals surface area contributed by atoms with E-state index in [0.717, 1.165) is 22.9 Å². The van der Waals surface area contributed by atoms with Crippen molar-refractivity contribution in [1.82, 2.24) is 10.2 Å². The Morgan fingerprint density at radius 2 is 2.00 bits per heavy atom. The minimum absolute atomic E-state index is 0.178. The topological polar surface area (TPSA) is 75.7 Å². The Hall–Kier alpha value is -2.80. The number of ether oxygens (including phenoxy) is 1. The third-order valence-electron chi connectivity index (χ3n) is 4.00. The molecule has 2 aromatic rings. The molecule has 0 aliphatic carbocycles. The fraction of sp³-hybridized carbons (Fsp3) is 0.211. The minimum Gasteiger partial charge on any atom is -0.496 e. The van der Waals surface area contributed by atoms with Crippen LogP contribution >= 0.6 is 11.8 Å². The van der Waals surface area contributed by atoms with Crippen LogP contribution in [0, 0.1) is 0 Å². The number of amides is 3. The summed E-state index contributed by atoms with van der Waals surface area (Å²) in [5.41, 5.74) is 2.09. The largest absolute Gasteiger partial charge is 0.496 e. The predicted molar refractivity (Wildman–Crippen MR) is 99.0 cm³/mol. The molecule has 1 saturated heterocycles. The van der Waals surface area contributed by atoms with E-state index < -0.39 is 0 Å². The van der Waals surface area contributed by atoms with Crippen molar-refractivity contribution in [3.05, 3.63) is 65.2 Å². The molecule has 0 unspecified atom stereocenters. The van der Waals surface area contributed by atoms with E-state index in [1.54, 1.807) is 31.4 Å². The number of benzene rings is 2. The van der Waals surface area contributed by atoms with Crippen molar-refractivity contribution in [2.45, 2.75) is 13.1 Å². The van der Waals surface area contributed by atoms with Crippen LogP contribution in [0.1, 0.15) is 21.5 Å². The van der Waals surface area contributed by atoms with Gasteiger partial charge in [-0.25, -0.2) is 0 Å². The molecule has 0 aromatic heterocycles. The highest BCUT2D eigenvalue weighted by atomic mass is 32.2. The zero-order valence-corrected chi connectivity index (χ0v) is 15.0. The summed E-state index contributed by atoms with van der Waals surface area (Å²) < 4.78 is 5.27. The van der Waals surface area contributed by atoms with Gasteiger partial charge in [0, 0.05) is 17.7 Å². The van der Waals surface area contributed by atoms with Gasteiger partial charge in [-0.05, 0) is 23.8 Å². The second-order valence-electron chi connectivity index (χ2n) is 5.73. The molecule has 1 N–H and O–H groups in total. The number of nitrogens with zero attached hydrogens (tertiary/aromatic N) is 1. The molecule has 0 saturated carbocycles. The lowest BCUT2D eigenvalue weighted by atomic mass is 10.1. The molecule has 0 bridgehead atoms. The smallest absolute Gasteiger partial charge is 0.289 e. The molecule has 1 aliphatic rings. The molecular weight excluding hydrogens is 352 g/mol. The molecule has 3 rings (SSSR count). The van der Waals surface area contributed by atoms with Crippen molar-refractivity contribution < 1.29 is 19.1 Å². The Morgan fingerprint density at radius 1 is 1.19 bits per heavy atom.